The van der Waals surface area contributed by atoms with Crippen LogP contribution in [0.1, 0.15) is 0 Å². The van der Waals surface area contributed by atoms with Gasteiger partial charge in [-0.05, 0) is 12.1 Å². The van der Waals surface area contributed by atoms with Gasteiger partial charge in [0.1, 0.15) is 10.0 Å². The van der Waals surface area contributed by atoms with Gasteiger partial charge in [0.05, 0.1) is 0 Å². The molecule has 0 aliphatic carbocycles. The fourth-order valence-corrected chi connectivity index (χ4v) is 1.30. The summed E-state index contributed by atoms with van der Waals surface area (Å²) in [4.78, 5) is 11.5. The van der Waals surface area contributed by atoms with Gasteiger partial charge >= 0.3 is 29.6 Å². The second kappa shape index (κ2) is 8.26. The molecule has 6 nitrogen and oxygen atoms in total. The van der Waals surface area contributed by atoms with Crippen molar-refractivity contribution in [3.8, 4) is 0 Å². The van der Waals surface area contributed by atoms with Crippen molar-refractivity contribution in [1.29, 1.82) is 0 Å². The molecule has 78 valence electrons. The molecule has 0 aromatic carbocycles. The van der Waals surface area contributed by atoms with Crippen LogP contribution in [-0.2, 0) is 9.05 Å². The Bertz CT molecular complexity index is 396. The van der Waals surface area contributed by atoms with Crippen LogP contribution in [-0.4, -0.2) is 13.4 Å². The molecule has 1 aromatic rings. The van der Waals surface area contributed by atoms with Gasteiger partial charge in [-0.2, -0.15) is 0 Å². The third-order valence-corrected chi connectivity index (χ3v) is 2.54. The van der Waals surface area contributed by atoms with E-state index in [4.69, 9.17) is 32.4 Å². The average molecular weight is 281 g/mol. The predicted molar refractivity (Wildman–Crippen MR) is 51.4 cm³/mol. The van der Waals surface area contributed by atoms with Gasteiger partial charge < -0.3 is 10.1 Å². The number of halogens is 2. The molecule has 0 amide bonds. The number of hydrogen-bond donors (Lipinski definition) is 0. The summed E-state index contributed by atoms with van der Waals surface area (Å²) in [6.45, 7) is 0. The van der Waals surface area contributed by atoms with E-state index >= 15 is 0 Å². The molecule has 1 heterocycles. The molecule has 0 saturated heterocycles. The van der Waals surface area contributed by atoms with E-state index in [2.05, 4.69) is 4.98 Å². The van der Waals surface area contributed by atoms with Crippen LogP contribution in [0.3, 0.4) is 0 Å². The van der Waals surface area contributed by atoms with Gasteiger partial charge in [-0.15, -0.1) is 5.34 Å². The minimum atomic E-state index is -3.67. The van der Waals surface area contributed by atoms with E-state index in [1.165, 1.54) is 12.1 Å². The molecule has 1 aromatic heterocycles. The first-order chi connectivity index (χ1) is 6.41. The molecule has 15 heavy (non-hydrogen) atoms. The van der Waals surface area contributed by atoms with Gasteiger partial charge in [0.2, 0.25) is 0 Å². The Labute approximate surface area is 117 Å². The van der Waals surface area contributed by atoms with Crippen LogP contribution >= 0.6 is 22.3 Å². The van der Waals surface area contributed by atoms with Crippen molar-refractivity contribution in [2.75, 3.05) is 0 Å². The topological polar surface area (TPSA) is 99.5 Å². The normalized spacial score (nSPS) is 9.20. The van der Waals surface area contributed by atoms with Gasteiger partial charge in [-0.3, -0.25) is 0 Å². The Morgan fingerprint density at radius 1 is 1.40 bits per heavy atom. The average Bonchev–Trinajstić information content (AvgIpc) is 2.04. The molecular weight excluding hydrogens is 278 g/mol. The Kier molecular flexibility index (Phi) is 9.62. The molecule has 0 saturated carbocycles. The number of aromatic nitrogens is 1. The zero-order chi connectivity index (χ0) is 11.2. The summed E-state index contributed by atoms with van der Waals surface area (Å²) in [5.41, 5.74) is 0. The Morgan fingerprint density at radius 3 is 2.13 bits per heavy atom. The number of nitrogens with zero attached hydrogens (tertiary/aromatic N) is 2. The van der Waals surface area contributed by atoms with Gasteiger partial charge in [-0.1, -0.05) is 11.6 Å². The quantitative estimate of drug-likeness (QED) is 0.214. The molecular formula is C5H3Cl2N2NaO4S. The van der Waals surface area contributed by atoms with Crippen molar-refractivity contribution < 1.29 is 38.0 Å². The molecule has 0 N–H and O–H groups in total. The standard InChI is InChI=1S/C5H3Cl2NO2S.HNO2.Na/c6-5-2-1-4(3-8-5)11(7,9)10;2-1-3;/h1-3H;(H,2,3);/q;;+1/p-1. The van der Waals surface area contributed by atoms with Crippen LogP contribution in [0.5, 0.6) is 0 Å². The first-order valence-electron chi connectivity index (χ1n) is 2.93. The smallest absolute Gasteiger partial charge is 0.444 e. The van der Waals surface area contributed by atoms with Crippen LogP contribution in [0.2, 0.25) is 5.15 Å². The number of hydrogen-bond acceptors (Lipinski definition) is 6. The summed E-state index contributed by atoms with van der Waals surface area (Å²) >= 11 is 5.41. The zero-order valence-electron chi connectivity index (χ0n) is 7.42. The van der Waals surface area contributed by atoms with Crippen molar-refractivity contribution in [2.45, 2.75) is 4.90 Å². The minimum Gasteiger partial charge on any atom is -0.444 e. The molecule has 0 radical (unpaired) electrons. The van der Waals surface area contributed by atoms with Crippen LogP contribution < -0.4 is 29.6 Å². The second-order valence-electron chi connectivity index (χ2n) is 1.83. The third kappa shape index (κ3) is 7.95. The summed E-state index contributed by atoms with van der Waals surface area (Å²) in [7, 11) is 1.33. The molecule has 0 aliphatic rings. The maximum atomic E-state index is 10.6. The van der Waals surface area contributed by atoms with E-state index in [9.17, 15) is 8.42 Å². The summed E-state index contributed by atoms with van der Waals surface area (Å²) in [6.07, 6.45) is 1.10. The fraction of sp³-hybridized carbons (Fsp3) is 0. The first kappa shape index (κ1) is 17.5. The van der Waals surface area contributed by atoms with E-state index in [-0.39, 0.29) is 39.6 Å². The fourth-order valence-electron chi connectivity index (χ4n) is 0.506. The Morgan fingerprint density at radius 2 is 1.87 bits per heavy atom. The van der Waals surface area contributed by atoms with Crippen LogP contribution in [0.15, 0.2) is 28.6 Å². The molecule has 0 fully saturated rings. The van der Waals surface area contributed by atoms with Crippen molar-refractivity contribution >= 4 is 31.3 Å². The monoisotopic (exact) mass is 280 g/mol. The SMILES string of the molecule is O=N[O-].O=S(=O)(Cl)c1ccc(Cl)nc1.[Na+]. The largest absolute Gasteiger partial charge is 1.00 e. The zero-order valence-corrected chi connectivity index (χ0v) is 11.8. The van der Waals surface area contributed by atoms with Crippen molar-refractivity contribution in [3.63, 3.8) is 0 Å². The summed E-state index contributed by atoms with van der Waals surface area (Å²) in [5, 5.41) is 9.23. The molecule has 0 atom stereocenters. The van der Waals surface area contributed by atoms with Crippen LogP contribution in [0.25, 0.3) is 0 Å². The van der Waals surface area contributed by atoms with Gasteiger partial charge in [0.25, 0.3) is 9.05 Å². The number of pyridine rings is 1. The Hall–Kier alpha value is 0.0800. The van der Waals surface area contributed by atoms with Gasteiger partial charge in [0.15, 0.2) is 0 Å². The van der Waals surface area contributed by atoms with Gasteiger partial charge in [0, 0.05) is 16.9 Å². The van der Waals surface area contributed by atoms with E-state index in [1.54, 1.807) is 0 Å². The molecule has 10 heteroatoms. The predicted octanol–water partition coefficient (Wildman–Crippen LogP) is -1.08. The minimum absolute atomic E-state index is 0. The molecule has 0 aliphatic heterocycles. The van der Waals surface area contributed by atoms with E-state index < -0.39 is 9.05 Å². The molecule has 1 rings (SSSR count). The molecule has 0 unspecified atom stereocenters. The Balaban J connectivity index is 0. The maximum absolute atomic E-state index is 10.6. The maximum Gasteiger partial charge on any atom is 1.00 e. The third-order valence-electron chi connectivity index (χ3n) is 0.982. The number of rotatable bonds is 1. The first-order valence-corrected chi connectivity index (χ1v) is 5.61. The molecule has 0 bridgehead atoms. The van der Waals surface area contributed by atoms with Crippen molar-refractivity contribution in [2.24, 2.45) is 5.34 Å². The van der Waals surface area contributed by atoms with Gasteiger partial charge in [-0.25, -0.2) is 13.4 Å². The van der Waals surface area contributed by atoms with E-state index in [1.807, 2.05) is 0 Å². The summed E-state index contributed by atoms with van der Waals surface area (Å²) in [5.74, 6) is 0. The van der Waals surface area contributed by atoms with Crippen LogP contribution in [0.4, 0.5) is 0 Å². The summed E-state index contributed by atoms with van der Waals surface area (Å²) in [6, 6.07) is 2.65. The second-order valence-corrected chi connectivity index (χ2v) is 4.78. The summed E-state index contributed by atoms with van der Waals surface area (Å²) < 4.78 is 21.3. The van der Waals surface area contributed by atoms with E-state index in [0.29, 0.717) is 0 Å². The van der Waals surface area contributed by atoms with E-state index in [0.717, 1.165) is 11.5 Å². The van der Waals surface area contributed by atoms with Crippen LogP contribution in [0, 0.1) is 10.1 Å². The van der Waals surface area contributed by atoms with Crippen molar-refractivity contribution in [1.82, 2.24) is 4.98 Å². The molecule has 0 spiro atoms. The van der Waals surface area contributed by atoms with Crippen molar-refractivity contribution in [3.05, 3.63) is 33.6 Å².